The molecule has 0 unspecified atom stereocenters. The third-order valence-corrected chi connectivity index (χ3v) is 3.46. The van der Waals surface area contributed by atoms with Gasteiger partial charge in [-0.1, -0.05) is 11.6 Å². The van der Waals surface area contributed by atoms with Crippen molar-refractivity contribution in [3.8, 4) is 23.0 Å². The SMILES string of the molecule is CC(C)n1ncc(Cl)c1-c1cc(F)ccc1Oc1ncccn1. The molecule has 0 bridgehead atoms. The van der Waals surface area contributed by atoms with Crippen LogP contribution >= 0.6 is 11.6 Å². The summed E-state index contributed by atoms with van der Waals surface area (Å²) in [6, 6.07) is 6.11. The van der Waals surface area contributed by atoms with Crippen molar-refractivity contribution in [1.82, 2.24) is 19.7 Å². The highest BCUT2D eigenvalue weighted by molar-refractivity contribution is 6.33. The van der Waals surface area contributed by atoms with Gasteiger partial charge in [0.05, 0.1) is 16.9 Å². The molecule has 0 saturated carbocycles. The molecular formula is C16H14ClFN4O. The normalized spacial score (nSPS) is 11.0. The summed E-state index contributed by atoms with van der Waals surface area (Å²) in [5.41, 5.74) is 1.08. The first kappa shape index (κ1) is 15.4. The number of rotatable bonds is 4. The van der Waals surface area contributed by atoms with Gasteiger partial charge in [0.15, 0.2) is 0 Å². The summed E-state index contributed by atoms with van der Waals surface area (Å²) >= 11 is 6.26. The molecular weight excluding hydrogens is 319 g/mol. The molecule has 3 aromatic rings. The fraction of sp³-hybridized carbons (Fsp3) is 0.188. The highest BCUT2D eigenvalue weighted by Crippen LogP contribution is 2.38. The first-order valence-electron chi connectivity index (χ1n) is 7.04. The molecule has 23 heavy (non-hydrogen) atoms. The molecule has 0 aliphatic carbocycles. The average molecular weight is 333 g/mol. The summed E-state index contributed by atoms with van der Waals surface area (Å²) in [6.07, 6.45) is 4.67. The van der Waals surface area contributed by atoms with Crippen LogP contribution in [0.3, 0.4) is 0 Å². The molecule has 118 valence electrons. The van der Waals surface area contributed by atoms with Gasteiger partial charge < -0.3 is 4.74 Å². The minimum absolute atomic E-state index is 0.0570. The number of nitrogens with zero attached hydrogens (tertiary/aromatic N) is 4. The summed E-state index contributed by atoms with van der Waals surface area (Å²) in [5.74, 6) is 0.0100. The number of hydrogen-bond donors (Lipinski definition) is 0. The van der Waals surface area contributed by atoms with E-state index in [1.54, 1.807) is 23.1 Å². The Morgan fingerprint density at radius 3 is 2.65 bits per heavy atom. The summed E-state index contributed by atoms with van der Waals surface area (Å²) in [5, 5.41) is 4.66. The molecule has 1 aromatic carbocycles. The predicted molar refractivity (Wildman–Crippen MR) is 85.1 cm³/mol. The Labute approximate surface area is 137 Å². The average Bonchev–Trinajstić information content (AvgIpc) is 2.92. The number of hydrogen-bond acceptors (Lipinski definition) is 4. The van der Waals surface area contributed by atoms with E-state index in [-0.39, 0.29) is 12.1 Å². The molecule has 0 aliphatic rings. The van der Waals surface area contributed by atoms with Gasteiger partial charge in [0.25, 0.3) is 0 Å². The lowest BCUT2D eigenvalue weighted by Gasteiger charge is -2.15. The van der Waals surface area contributed by atoms with Crippen LogP contribution in [0.15, 0.2) is 42.9 Å². The third-order valence-electron chi connectivity index (χ3n) is 3.18. The minimum Gasteiger partial charge on any atom is -0.424 e. The van der Waals surface area contributed by atoms with Gasteiger partial charge in [-0.05, 0) is 38.1 Å². The molecule has 5 nitrogen and oxygen atoms in total. The Hall–Kier alpha value is -2.47. The molecule has 2 heterocycles. The van der Waals surface area contributed by atoms with Gasteiger partial charge in [-0.25, -0.2) is 14.4 Å². The van der Waals surface area contributed by atoms with Gasteiger partial charge in [0.2, 0.25) is 0 Å². The van der Waals surface area contributed by atoms with Gasteiger partial charge in [-0.3, -0.25) is 4.68 Å². The summed E-state index contributed by atoms with van der Waals surface area (Å²) < 4.78 is 21.2. The van der Waals surface area contributed by atoms with Crippen molar-refractivity contribution in [3.05, 3.63) is 53.7 Å². The van der Waals surface area contributed by atoms with Crippen LogP contribution in [0, 0.1) is 5.82 Å². The second-order valence-corrected chi connectivity index (χ2v) is 5.56. The van der Waals surface area contributed by atoms with Crippen molar-refractivity contribution in [2.45, 2.75) is 19.9 Å². The van der Waals surface area contributed by atoms with Crippen LogP contribution in [-0.2, 0) is 0 Å². The molecule has 0 radical (unpaired) electrons. The molecule has 0 amide bonds. The number of halogens is 2. The topological polar surface area (TPSA) is 52.8 Å². The van der Waals surface area contributed by atoms with E-state index in [2.05, 4.69) is 15.1 Å². The van der Waals surface area contributed by atoms with Gasteiger partial charge in [-0.2, -0.15) is 5.10 Å². The second-order valence-electron chi connectivity index (χ2n) is 5.15. The minimum atomic E-state index is -0.395. The Kier molecular flexibility index (Phi) is 4.25. The van der Waals surface area contributed by atoms with E-state index in [0.717, 1.165) is 0 Å². The van der Waals surface area contributed by atoms with Crippen LogP contribution in [-0.4, -0.2) is 19.7 Å². The second kappa shape index (κ2) is 6.34. The van der Waals surface area contributed by atoms with Crippen molar-refractivity contribution < 1.29 is 9.13 Å². The van der Waals surface area contributed by atoms with Crippen LogP contribution in [0.1, 0.15) is 19.9 Å². The molecule has 0 saturated heterocycles. The highest BCUT2D eigenvalue weighted by atomic mass is 35.5. The Bertz CT molecular complexity index is 820. The lowest BCUT2D eigenvalue weighted by Crippen LogP contribution is -2.05. The third kappa shape index (κ3) is 3.17. The quantitative estimate of drug-likeness (QED) is 0.705. The maximum absolute atomic E-state index is 13.8. The lowest BCUT2D eigenvalue weighted by atomic mass is 10.1. The number of aromatic nitrogens is 4. The number of ether oxygens (including phenoxy) is 1. The Balaban J connectivity index is 2.12. The Morgan fingerprint density at radius 2 is 1.96 bits per heavy atom. The summed E-state index contributed by atoms with van der Waals surface area (Å²) in [4.78, 5) is 8.03. The first-order chi connectivity index (χ1) is 11.1. The Morgan fingerprint density at radius 1 is 1.22 bits per heavy atom. The zero-order valence-corrected chi connectivity index (χ0v) is 13.3. The molecule has 0 fully saturated rings. The van der Waals surface area contributed by atoms with Crippen LogP contribution < -0.4 is 4.74 Å². The monoisotopic (exact) mass is 332 g/mol. The predicted octanol–water partition coefficient (Wildman–Crippen LogP) is 4.51. The van der Waals surface area contributed by atoms with Crippen molar-refractivity contribution in [3.63, 3.8) is 0 Å². The summed E-state index contributed by atoms with van der Waals surface area (Å²) in [6.45, 7) is 3.93. The smallest absolute Gasteiger partial charge is 0.321 e. The van der Waals surface area contributed by atoms with Gasteiger partial charge >= 0.3 is 6.01 Å². The highest BCUT2D eigenvalue weighted by Gasteiger charge is 2.19. The molecule has 0 spiro atoms. The molecule has 2 aromatic heterocycles. The van der Waals surface area contributed by atoms with E-state index in [4.69, 9.17) is 16.3 Å². The van der Waals surface area contributed by atoms with Crippen LogP contribution in [0.2, 0.25) is 5.02 Å². The van der Waals surface area contributed by atoms with Gasteiger partial charge in [0.1, 0.15) is 11.6 Å². The van der Waals surface area contributed by atoms with E-state index in [1.165, 1.54) is 24.4 Å². The largest absolute Gasteiger partial charge is 0.424 e. The molecule has 3 rings (SSSR count). The lowest BCUT2D eigenvalue weighted by molar-refractivity contribution is 0.440. The van der Waals surface area contributed by atoms with Crippen LogP contribution in [0.4, 0.5) is 4.39 Å². The van der Waals surface area contributed by atoms with Crippen LogP contribution in [0.25, 0.3) is 11.3 Å². The maximum Gasteiger partial charge on any atom is 0.321 e. The van der Waals surface area contributed by atoms with E-state index < -0.39 is 5.82 Å². The van der Waals surface area contributed by atoms with Crippen molar-refractivity contribution in [1.29, 1.82) is 0 Å². The fourth-order valence-electron chi connectivity index (χ4n) is 2.20. The van der Waals surface area contributed by atoms with E-state index in [1.807, 2.05) is 13.8 Å². The van der Waals surface area contributed by atoms with Gasteiger partial charge in [0, 0.05) is 24.0 Å². The maximum atomic E-state index is 13.8. The van der Waals surface area contributed by atoms with Crippen molar-refractivity contribution in [2.75, 3.05) is 0 Å². The number of benzene rings is 1. The standard InChI is InChI=1S/C16H14ClFN4O/c1-10(2)22-15(13(17)9-21-22)12-8-11(18)4-5-14(12)23-16-19-6-3-7-20-16/h3-10H,1-2H3. The zero-order chi connectivity index (χ0) is 16.4. The van der Waals surface area contributed by atoms with Gasteiger partial charge in [-0.15, -0.1) is 0 Å². The first-order valence-corrected chi connectivity index (χ1v) is 7.42. The van der Waals surface area contributed by atoms with Crippen molar-refractivity contribution >= 4 is 11.6 Å². The molecule has 0 N–H and O–H groups in total. The van der Waals surface area contributed by atoms with E-state index in [0.29, 0.717) is 22.0 Å². The molecule has 7 heteroatoms. The van der Waals surface area contributed by atoms with E-state index >= 15 is 0 Å². The van der Waals surface area contributed by atoms with Crippen molar-refractivity contribution in [2.24, 2.45) is 0 Å². The fourth-order valence-corrected chi connectivity index (χ4v) is 2.43. The van der Waals surface area contributed by atoms with Crippen LogP contribution in [0.5, 0.6) is 11.8 Å². The van der Waals surface area contributed by atoms with E-state index in [9.17, 15) is 4.39 Å². The zero-order valence-electron chi connectivity index (χ0n) is 12.6. The molecule has 0 aliphatic heterocycles. The molecule has 0 atom stereocenters. The summed E-state index contributed by atoms with van der Waals surface area (Å²) in [7, 11) is 0.